The van der Waals surface area contributed by atoms with Crippen molar-refractivity contribution in [2.75, 3.05) is 24.6 Å². The third-order valence-electron chi connectivity index (χ3n) is 1.74. The first-order valence-electron chi connectivity index (χ1n) is 3.95. The highest BCUT2D eigenvalue weighted by atomic mass is 32.2. The van der Waals surface area contributed by atoms with Gasteiger partial charge in [-0.15, -0.1) is 11.8 Å². The van der Waals surface area contributed by atoms with Gasteiger partial charge < -0.3 is 5.73 Å². The third-order valence-corrected chi connectivity index (χ3v) is 2.64. The Bertz CT molecular complexity index is 244. The number of halogens is 2. The molecule has 0 aromatic heterocycles. The lowest BCUT2D eigenvalue weighted by Gasteiger charge is -2.27. The first-order chi connectivity index (χ1) is 6.46. The molecule has 1 heterocycles. The van der Waals surface area contributed by atoms with Gasteiger partial charge in [0.25, 0.3) is 5.92 Å². The van der Waals surface area contributed by atoms with Crippen LogP contribution >= 0.6 is 11.8 Å². The Labute approximate surface area is 83.8 Å². The summed E-state index contributed by atoms with van der Waals surface area (Å²) in [6.45, 7) is -1.76. The predicted octanol–water partition coefficient (Wildman–Crippen LogP) is -0.318. The quantitative estimate of drug-likeness (QED) is 0.667. The molecule has 0 saturated carbocycles. The minimum absolute atomic E-state index is 0.0758. The second kappa shape index (κ2) is 4.22. The van der Waals surface area contributed by atoms with Gasteiger partial charge in [0, 0.05) is 0 Å². The number of carbonyl (C=O) groups excluding carboxylic acids is 2. The first-order valence-corrected chi connectivity index (χ1v) is 5.10. The van der Waals surface area contributed by atoms with Crippen LogP contribution in [0.5, 0.6) is 0 Å². The zero-order valence-electron chi connectivity index (χ0n) is 7.33. The normalized spacial score (nSPS) is 18.9. The van der Waals surface area contributed by atoms with Crippen LogP contribution in [0, 0.1) is 0 Å². The van der Waals surface area contributed by atoms with E-state index in [1.807, 2.05) is 0 Å². The standard InChI is InChI=1S/C7H10F2N2O2S/c8-7(9,3-10)4-11-5(12)1-14-2-6(11)13/h1-4,10H2. The van der Waals surface area contributed by atoms with Crippen LogP contribution < -0.4 is 5.73 Å². The molecule has 1 rings (SSSR count). The third kappa shape index (κ3) is 2.65. The number of nitrogens with zero attached hydrogens (tertiary/aromatic N) is 1. The van der Waals surface area contributed by atoms with Gasteiger partial charge >= 0.3 is 0 Å². The summed E-state index contributed by atoms with van der Waals surface area (Å²) < 4.78 is 25.6. The molecule has 0 bridgehead atoms. The van der Waals surface area contributed by atoms with Crippen LogP contribution in [0.1, 0.15) is 0 Å². The molecule has 0 atom stereocenters. The summed E-state index contributed by atoms with van der Waals surface area (Å²) >= 11 is 1.13. The largest absolute Gasteiger partial charge is 0.325 e. The van der Waals surface area contributed by atoms with E-state index in [0.717, 1.165) is 11.8 Å². The zero-order chi connectivity index (χ0) is 10.8. The minimum Gasteiger partial charge on any atom is -0.325 e. The fraction of sp³-hybridized carbons (Fsp3) is 0.714. The number of alkyl halides is 2. The van der Waals surface area contributed by atoms with Crippen LogP contribution in [-0.4, -0.2) is 47.2 Å². The van der Waals surface area contributed by atoms with Gasteiger partial charge in [-0.1, -0.05) is 0 Å². The van der Waals surface area contributed by atoms with Crippen molar-refractivity contribution in [3.63, 3.8) is 0 Å². The average Bonchev–Trinajstić information content (AvgIpc) is 2.12. The molecule has 2 amide bonds. The number of nitrogens with two attached hydrogens (primary N) is 1. The van der Waals surface area contributed by atoms with E-state index in [2.05, 4.69) is 0 Å². The molecule has 0 aliphatic carbocycles. The van der Waals surface area contributed by atoms with Gasteiger partial charge in [-0.2, -0.15) is 0 Å². The summed E-state index contributed by atoms with van der Waals surface area (Å²) in [4.78, 5) is 22.8. The second-order valence-electron chi connectivity index (χ2n) is 2.93. The van der Waals surface area contributed by atoms with E-state index < -0.39 is 30.8 Å². The summed E-state index contributed by atoms with van der Waals surface area (Å²) in [6, 6.07) is 0. The molecular weight excluding hydrogens is 214 g/mol. The van der Waals surface area contributed by atoms with E-state index in [4.69, 9.17) is 5.73 Å². The minimum atomic E-state index is -3.19. The van der Waals surface area contributed by atoms with Gasteiger partial charge in [-0.3, -0.25) is 14.5 Å². The van der Waals surface area contributed by atoms with Crippen LogP contribution in [0.15, 0.2) is 0 Å². The van der Waals surface area contributed by atoms with Gasteiger partial charge in [-0.25, -0.2) is 8.78 Å². The van der Waals surface area contributed by atoms with Crippen molar-refractivity contribution in [3.8, 4) is 0 Å². The Hall–Kier alpha value is -0.690. The Balaban J connectivity index is 2.65. The number of hydrogen-bond acceptors (Lipinski definition) is 4. The van der Waals surface area contributed by atoms with Crippen molar-refractivity contribution in [1.82, 2.24) is 4.90 Å². The van der Waals surface area contributed by atoms with Crippen LogP contribution in [-0.2, 0) is 9.59 Å². The monoisotopic (exact) mass is 224 g/mol. The zero-order valence-corrected chi connectivity index (χ0v) is 8.15. The molecule has 7 heteroatoms. The van der Waals surface area contributed by atoms with Crippen LogP contribution in [0.2, 0.25) is 0 Å². The van der Waals surface area contributed by atoms with Crippen LogP contribution in [0.4, 0.5) is 8.78 Å². The lowest BCUT2D eigenvalue weighted by Crippen LogP contribution is -2.50. The number of imide groups is 1. The van der Waals surface area contributed by atoms with Crippen molar-refractivity contribution in [2.24, 2.45) is 5.73 Å². The maximum Gasteiger partial charge on any atom is 0.277 e. The summed E-state index contributed by atoms with van der Waals surface area (Å²) in [7, 11) is 0. The summed E-state index contributed by atoms with van der Waals surface area (Å²) in [5.74, 6) is -4.18. The maximum absolute atomic E-state index is 12.8. The molecule has 0 radical (unpaired) electrons. The Morgan fingerprint density at radius 1 is 1.36 bits per heavy atom. The van der Waals surface area contributed by atoms with Crippen molar-refractivity contribution in [3.05, 3.63) is 0 Å². The van der Waals surface area contributed by atoms with Gasteiger partial charge in [0.15, 0.2) is 0 Å². The van der Waals surface area contributed by atoms with Gasteiger partial charge in [-0.05, 0) is 0 Å². The van der Waals surface area contributed by atoms with E-state index in [0.29, 0.717) is 4.90 Å². The molecule has 1 saturated heterocycles. The Kier molecular flexibility index (Phi) is 3.43. The molecule has 2 N–H and O–H groups in total. The van der Waals surface area contributed by atoms with E-state index in [9.17, 15) is 18.4 Å². The number of carbonyl (C=O) groups is 2. The smallest absolute Gasteiger partial charge is 0.277 e. The van der Waals surface area contributed by atoms with Crippen LogP contribution in [0.25, 0.3) is 0 Å². The Morgan fingerprint density at radius 3 is 2.29 bits per heavy atom. The van der Waals surface area contributed by atoms with Crippen molar-refractivity contribution >= 4 is 23.6 Å². The highest BCUT2D eigenvalue weighted by Crippen LogP contribution is 2.18. The molecule has 1 aliphatic heterocycles. The highest BCUT2D eigenvalue weighted by Gasteiger charge is 2.36. The molecule has 1 aliphatic rings. The number of hydrogen-bond donors (Lipinski definition) is 1. The number of amides is 2. The first kappa shape index (κ1) is 11.4. The van der Waals surface area contributed by atoms with Gasteiger partial charge in [0.2, 0.25) is 11.8 Å². The number of thioether (sulfide) groups is 1. The number of rotatable bonds is 3. The average molecular weight is 224 g/mol. The predicted molar refractivity (Wildman–Crippen MR) is 48.0 cm³/mol. The van der Waals surface area contributed by atoms with E-state index in [1.165, 1.54) is 0 Å². The molecule has 1 fully saturated rings. The second-order valence-corrected chi connectivity index (χ2v) is 3.91. The lowest BCUT2D eigenvalue weighted by atomic mass is 10.3. The fourth-order valence-electron chi connectivity index (χ4n) is 0.993. The fourth-order valence-corrected chi connectivity index (χ4v) is 1.76. The van der Waals surface area contributed by atoms with Crippen molar-refractivity contribution < 1.29 is 18.4 Å². The molecule has 0 aromatic rings. The summed E-state index contributed by atoms with van der Waals surface area (Å²) in [6.07, 6.45) is 0. The van der Waals surface area contributed by atoms with E-state index >= 15 is 0 Å². The van der Waals surface area contributed by atoms with Crippen molar-refractivity contribution in [2.45, 2.75) is 5.92 Å². The van der Waals surface area contributed by atoms with E-state index in [-0.39, 0.29) is 11.5 Å². The molecule has 0 unspecified atom stereocenters. The van der Waals surface area contributed by atoms with Gasteiger partial charge in [0.05, 0.1) is 24.6 Å². The van der Waals surface area contributed by atoms with Gasteiger partial charge in [0.1, 0.15) is 0 Å². The molecule has 0 aromatic carbocycles. The topological polar surface area (TPSA) is 63.4 Å². The Morgan fingerprint density at radius 2 is 1.86 bits per heavy atom. The molecule has 14 heavy (non-hydrogen) atoms. The molecule has 80 valence electrons. The highest BCUT2D eigenvalue weighted by molar-refractivity contribution is 8.00. The summed E-state index contributed by atoms with van der Waals surface area (Å²) in [5.41, 5.74) is 4.81. The maximum atomic E-state index is 12.8. The molecular formula is C7H10F2N2O2S. The lowest BCUT2D eigenvalue weighted by molar-refractivity contribution is -0.147. The van der Waals surface area contributed by atoms with Crippen molar-refractivity contribution in [1.29, 1.82) is 0 Å². The SMILES string of the molecule is NCC(F)(F)CN1C(=O)CSCC1=O. The molecule has 4 nitrogen and oxygen atoms in total. The van der Waals surface area contributed by atoms with E-state index in [1.54, 1.807) is 0 Å². The summed E-state index contributed by atoms with van der Waals surface area (Å²) in [5, 5.41) is 0. The molecule has 0 spiro atoms. The van der Waals surface area contributed by atoms with Crippen LogP contribution in [0.3, 0.4) is 0 Å².